The van der Waals surface area contributed by atoms with Crippen molar-refractivity contribution in [3.63, 3.8) is 0 Å². The summed E-state index contributed by atoms with van der Waals surface area (Å²) in [5.41, 5.74) is 2.99. The van der Waals surface area contributed by atoms with Crippen molar-refractivity contribution in [2.24, 2.45) is 5.41 Å². The first-order valence-corrected chi connectivity index (χ1v) is 10.4. The van der Waals surface area contributed by atoms with E-state index in [0.717, 1.165) is 55.1 Å². The SMILES string of the molecule is C[C@]1(Cc2ccc3c(c2)OCO3)CCCN(C(=O)c2ccc(-n3ccnc3)cc2)C1. The minimum absolute atomic E-state index is 0.0400. The zero-order chi connectivity index (χ0) is 20.6. The van der Waals surface area contributed by atoms with Gasteiger partial charge in [0.15, 0.2) is 11.5 Å². The van der Waals surface area contributed by atoms with Crippen molar-refractivity contribution >= 4 is 5.91 Å². The molecule has 5 rings (SSSR count). The van der Waals surface area contributed by atoms with Crippen LogP contribution in [0.2, 0.25) is 0 Å². The highest BCUT2D eigenvalue weighted by Gasteiger charge is 2.34. The van der Waals surface area contributed by atoms with Gasteiger partial charge < -0.3 is 18.9 Å². The van der Waals surface area contributed by atoms with Crippen molar-refractivity contribution in [1.29, 1.82) is 0 Å². The molecule has 0 aliphatic carbocycles. The Bertz CT molecular complexity index is 1050. The molecule has 1 atom stereocenters. The van der Waals surface area contributed by atoms with Crippen LogP contribution in [0.1, 0.15) is 35.7 Å². The van der Waals surface area contributed by atoms with Gasteiger partial charge in [0.05, 0.1) is 6.33 Å². The number of nitrogens with zero attached hydrogens (tertiary/aromatic N) is 3. The van der Waals surface area contributed by atoms with Crippen LogP contribution < -0.4 is 9.47 Å². The molecule has 0 unspecified atom stereocenters. The maximum atomic E-state index is 13.2. The lowest BCUT2D eigenvalue weighted by atomic mass is 9.76. The molecule has 30 heavy (non-hydrogen) atoms. The maximum absolute atomic E-state index is 13.2. The predicted octanol–water partition coefficient (Wildman–Crippen LogP) is 4.09. The second-order valence-electron chi connectivity index (χ2n) is 8.52. The van der Waals surface area contributed by atoms with Crippen molar-refractivity contribution < 1.29 is 14.3 Å². The molecule has 1 fully saturated rings. The minimum atomic E-state index is 0.0400. The lowest BCUT2D eigenvalue weighted by molar-refractivity contribution is 0.0550. The Kier molecular flexibility index (Phi) is 4.69. The van der Waals surface area contributed by atoms with E-state index in [1.807, 2.05) is 46.0 Å². The number of fused-ring (bicyclic) bond motifs is 1. The Morgan fingerprint density at radius 1 is 1.13 bits per heavy atom. The molecule has 0 saturated carbocycles. The molecule has 1 aromatic heterocycles. The topological polar surface area (TPSA) is 56.6 Å². The van der Waals surface area contributed by atoms with Crippen LogP contribution in [0.4, 0.5) is 0 Å². The summed E-state index contributed by atoms with van der Waals surface area (Å²) in [6.45, 7) is 4.12. The first-order chi connectivity index (χ1) is 14.6. The first kappa shape index (κ1) is 18.7. The number of rotatable bonds is 4. The summed E-state index contributed by atoms with van der Waals surface area (Å²) in [6.07, 6.45) is 8.41. The van der Waals surface area contributed by atoms with E-state index < -0.39 is 0 Å². The number of hydrogen-bond acceptors (Lipinski definition) is 4. The van der Waals surface area contributed by atoms with Gasteiger partial charge in [0.1, 0.15) is 0 Å². The van der Waals surface area contributed by atoms with Crippen molar-refractivity contribution in [1.82, 2.24) is 14.5 Å². The van der Waals surface area contributed by atoms with E-state index in [-0.39, 0.29) is 18.1 Å². The quantitative estimate of drug-likeness (QED) is 0.659. The molecule has 6 nitrogen and oxygen atoms in total. The lowest BCUT2D eigenvalue weighted by Crippen LogP contribution is -2.45. The molecule has 3 aromatic rings. The van der Waals surface area contributed by atoms with E-state index in [1.54, 1.807) is 12.5 Å². The Labute approximate surface area is 176 Å². The lowest BCUT2D eigenvalue weighted by Gasteiger charge is -2.41. The Balaban J connectivity index is 1.29. The molecular formula is C24H25N3O3. The molecule has 0 spiro atoms. The Hall–Kier alpha value is -3.28. The molecule has 6 heteroatoms. The normalized spacial score (nSPS) is 20.4. The number of carbonyl (C=O) groups excluding carboxylic acids is 1. The third-order valence-electron chi connectivity index (χ3n) is 6.05. The number of ether oxygens (including phenoxy) is 2. The highest BCUT2D eigenvalue weighted by molar-refractivity contribution is 5.94. The molecule has 1 amide bonds. The fourth-order valence-corrected chi connectivity index (χ4v) is 4.55. The van der Waals surface area contributed by atoms with E-state index in [2.05, 4.69) is 24.0 Å². The van der Waals surface area contributed by atoms with Gasteiger partial charge in [-0.15, -0.1) is 0 Å². The number of imidazole rings is 1. The molecule has 154 valence electrons. The minimum Gasteiger partial charge on any atom is -0.454 e. The number of piperidine rings is 1. The van der Waals surface area contributed by atoms with Gasteiger partial charge >= 0.3 is 0 Å². The number of likely N-dealkylation sites (tertiary alicyclic amines) is 1. The highest BCUT2D eigenvalue weighted by Crippen LogP contribution is 2.38. The van der Waals surface area contributed by atoms with Gasteiger partial charge in [-0.1, -0.05) is 13.0 Å². The number of aromatic nitrogens is 2. The molecule has 2 aliphatic heterocycles. The van der Waals surface area contributed by atoms with Crippen LogP contribution in [0, 0.1) is 5.41 Å². The average molecular weight is 403 g/mol. The van der Waals surface area contributed by atoms with Crippen LogP contribution in [-0.4, -0.2) is 40.2 Å². The average Bonchev–Trinajstić information content (AvgIpc) is 3.45. The molecule has 2 aromatic carbocycles. The molecule has 0 N–H and O–H groups in total. The van der Waals surface area contributed by atoms with Gasteiger partial charge in [-0.3, -0.25) is 4.79 Å². The molecule has 3 heterocycles. The summed E-state index contributed by atoms with van der Waals surface area (Å²) in [5, 5.41) is 0. The van der Waals surface area contributed by atoms with Crippen molar-refractivity contribution in [3.05, 3.63) is 72.3 Å². The van der Waals surface area contributed by atoms with Crippen LogP contribution in [0.25, 0.3) is 5.69 Å². The largest absolute Gasteiger partial charge is 0.454 e. The zero-order valence-corrected chi connectivity index (χ0v) is 17.1. The number of benzene rings is 2. The van der Waals surface area contributed by atoms with Crippen LogP contribution in [0.15, 0.2) is 61.2 Å². The van der Waals surface area contributed by atoms with E-state index in [1.165, 1.54) is 5.56 Å². The van der Waals surface area contributed by atoms with Crippen molar-refractivity contribution in [3.8, 4) is 17.2 Å². The fraction of sp³-hybridized carbons (Fsp3) is 0.333. The van der Waals surface area contributed by atoms with Crippen molar-refractivity contribution in [2.45, 2.75) is 26.2 Å². The molecular weight excluding hydrogens is 378 g/mol. The zero-order valence-electron chi connectivity index (χ0n) is 17.1. The molecule has 0 bridgehead atoms. The van der Waals surface area contributed by atoms with E-state index in [0.29, 0.717) is 0 Å². The summed E-state index contributed by atoms with van der Waals surface area (Å²) in [4.78, 5) is 19.2. The summed E-state index contributed by atoms with van der Waals surface area (Å²) >= 11 is 0. The van der Waals surface area contributed by atoms with Gasteiger partial charge in [0.25, 0.3) is 5.91 Å². The molecule has 2 aliphatic rings. The third kappa shape index (κ3) is 3.65. The maximum Gasteiger partial charge on any atom is 0.253 e. The van der Waals surface area contributed by atoms with Gasteiger partial charge in [0.2, 0.25) is 6.79 Å². The summed E-state index contributed by atoms with van der Waals surface area (Å²) in [5.74, 6) is 1.73. The summed E-state index contributed by atoms with van der Waals surface area (Å²) in [6, 6.07) is 13.9. The standard InChI is InChI=1S/C24H25N3O3/c1-24(14-18-3-8-21-22(13-18)30-17-29-21)9-2-11-26(15-24)23(28)19-4-6-20(7-5-19)27-12-10-25-16-27/h3-8,10,12-13,16H,2,9,11,14-15,17H2,1H3/t24-/m1/s1. The molecule has 1 saturated heterocycles. The van der Waals surface area contributed by atoms with Gasteiger partial charge in [-0.2, -0.15) is 0 Å². The number of amides is 1. The van der Waals surface area contributed by atoms with Crippen LogP contribution in [0.3, 0.4) is 0 Å². The second kappa shape index (κ2) is 7.52. The first-order valence-electron chi connectivity index (χ1n) is 10.4. The Morgan fingerprint density at radius 3 is 2.77 bits per heavy atom. The summed E-state index contributed by atoms with van der Waals surface area (Å²) in [7, 11) is 0. The van der Waals surface area contributed by atoms with Gasteiger partial charge in [-0.25, -0.2) is 4.98 Å². The molecule has 0 radical (unpaired) electrons. The van der Waals surface area contributed by atoms with Gasteiger partial charge in [0, 0.05) is 36.7 Å². The smallest absolute Gasteiger partial charge is 0.253 e. The highest BCUT2D eigenvalue weighted by atomic mass is 16.7. The predicted molar refractivity (Wildman–Crippen MR) is 113 cm³/mol. The third-order valence-corrected chi connectivity index (χ3v) is 6.05. The second-order valence-corrected chi connectivity index (χ2v) is 8.52. The van der Waals surface area contributed by atoms with Crippen LogP contribution in [0.5, 0.6) is 11.5 Å². The van der Waals surface area contributed by atoms with E-state index in [4.69, 9.17) is 9.47 Å². The monoisotopic (exact) mass is 403 g/mol. The Morgan fingerprint density at radius 2 is 1.97 bits per heavy atom. The van der Waals surface area contributed by atoms with E-state index in [9.17, 15) is 4.79 Å². The fourth-order valence-electron chi connectivity index (χ4n) is 4.55. The van der Waals surface area contributed by atoms with Crippen LogP contribution in [-0.2, 0) is 6.42 Å². The summed E-state index contributed by atoms with van der Waals surface area (Å²) < 4.78 is 12.9. The number of carbonyl (C=O) groups is 1. The van der Waals surface area contributed by atoms with Crippen molar-refractivity contribution in [2.75, 3.05) is 19.9 Å². The number of hydrogen-bond donors (Lipinski definition) is 0. The van der Waals surface area contributed by atoms with E-state index >= 15 is 0 Å². The van der Waals surface area contributed by atoms with Gasteiger partial charge in [-0.05, 0) is 66.6 Å². The van der Waals surface area contributed by atoms with Crippen LogP contribution >= 0.6 is 0 Å².